The third kappa shape index (κ3) is 2.93. The Kier molecular flexibility index (Phi) is 5.53. The molecule has 0 aromatic rings. The molecule has 1 atom stereocenters. The van der Waals surface area contributed by atoms with Gasteiger partial charge >= 0.3 is 0 Å². The highest BCUT2D eigenvalue weighted by molar-refractivity contribution is 4.88. The van der Waals surface area contributed by atoms with Gasteiger partial charge in [-0.05, 0) is 33.5 Å². The predicted molar refractivity (Wildman–Crippen MR) is 56.6 cm³/mol. The summed E-state index contributed by atoms with van der Waals surface area (Å²) in [5.41, 5.74) is 5.62. The molecule has 0 aromatic heterocycles. The first-order valence-corrected chi connectivity index (χ1v) is 5.10. The van der Waals surface area contributed by atoms with E-state index in [4.69, 9.17) is 5.73 Å². The average Bonchev–Trinajstić information content (AvgIpc) is 2.07. The minimum atomic E-state index is -0.00694. The van der Waals surface area contributed by atoms with Crippen LogP contribution in [-0.4, -0.2) is 41.8 Å². The van der Waals surface area contributed by atoms with Crippen molar-refractivity contribution in [3.05, 3.63) is 0 Å². The van der Waals surface area contributed by atoms with E-state index in [-0.39, 0.29) is 18.1 Å². The second-order valence-corrected chi connectivity index (χ2v) is 3.94. The fourth-order valence-corrected chi connectivity index (χ4v) is 1.88. The van der Waals surface area contributed by atoms with Gasteiger partial charge in [-0.2, -0.15) is 0 Å². The van der Waals surface area contributed by atoms with Crippen LogP contribution in [0.1, 0.15) is 27.7 Å². The van der Waals surface area contributed by atoms with Crippen molar-refractivity contribution in [1.82, 2.24) is 4.90 Å². The van der Waals surface area contributed by atoms with Crippen LogP contribution in [0.3, 0.4) is 0 Å². The van der Waals surface area contributed by atoms with Gasteiger partial charge < -0.3 is 10.8 Å². The molecule has 80 valence electrons. The summed E-state index contributed by atoms with van der Waals surface area (Å²) in [6.07, 6.45) is 0. The highest BCUT2D eigenvalue weighted by atomic mass is 16.3. The topological polar surface area (TPSA) is 49.5 Å². The van der Waals surface area contributed by atoms with Crippen molar-refractivity contribution >= 4 is 0 Å². The molecule has 13 heavy (non-hydrogen) atoms. The number of nitrogens with zero attached hydrogens (tertiary/aromatic N) is 1. The Bertz CT molecular complexity index is 115. The Balaban J connectivity index is 4.48. The normalized spacial score (nSPS) is 15.0. The Morgan fingerprint density at radius 2 is 1.77 bits per heavy atom. The SMILES string of the molecule is CCN(CC)C(C)(C)[C@H](CN)CO. The van der Waals surface area contributed by atoms with E-state index in [2.05, 4.69) is 32.6 Å². The summed E-state index contributed by atoms with van der Waals surface area (Å²) in [6.45, 7) is 11.3. The van der Waals surface area contributed by atoms with Crippen molar-refractivity contribution in [1.29, 1.82) is 0 Å². The van der Waals surface area contributed by atoms with Gasteiger partial charge in [-0.1, -0.05) is 13.8 Å². The highest BCUT2D eigenvalue weighted by Crippen LogP contribution is 2.23. The molecule has 3 N–H and O–H groups in total. The number of aliphatic hydroxyl groups excluding tert-OH is 1. The second kappa shape index (κ2) is 5.58. The lowest BCUT2D eigenvalue weighted by atomic mass is 9.86. The molecule has 0 aliphatic carbocycles. The molecule has 0 saturated carbocycles. The van der Waals surface area contributed by atoms with E-state index < -0.39 is 0 Å². The van der Waals surface area contributed by atoms with Gasteiger partial charge in [0.05, 0.1) is 0 Å². The summed E-state index contributed by atoms with van der Waals surface area (Å²) < 4.78 is 0. The minimum Gasteiger partial charge on any atom is -0.396 e. The van der Waals surface area contributed by atoms with E-state index in [0.717, 1.165) is 13.1 Å². The number of aliphatic hydroxyl groups is 1. The van der Waals surface area contributed by atoms with E-state index in [1.165, 1.54) is 0 Å². The van der Waals surface area contributed by atoms with E-state index in [1.54, 1.807) is 0 Å². The molecule has 0 unspecified atom stereocenters. The lowest BCUT2D eigenvalue weighted by molar-refractivity contribution is 0.0435. The lowest BCUT2D eigenvalue weighted by Crippen LogP contribution is -2.52. The van der Waals surface area contributed by atoms with Gasteiger partial charge in [0, 0.05) is 18.1 Å². The zero-order valence-corrected chi connectivity index (χ0v) is 9.38. The molecular formula is C10H24N2O. The molecule has 0 bridgehead atoms. The lowest BCUT2D eigenvalue weighted by Gasteiger charge is -2.42. The van der Waals surface area contributed by atoms with Crippen molar-refractivity contribution < 1.29 is 5.11 Å². The summed E-state index contributed by atoms with van der Waals surface area (Å²) in [5.74, 6) is 0.160. The molecule has 0 radical (unpaired) electrons. The van der Waals surface area contributed by atoms with Crippen LogP contribution in [0, 0.1) is 5.92 Å². The average molecular weight is 188 g/mol. The van der Waals surface area contributed by atoms with Gasteiger partial charge in [-0.3, -0.25) is 4.90 Å². The second-order valence-electron chi connectivity index (χ2n) is 3.94. The van der Waals surface area contributed by atoms with Crippen molar-refractivity contribution in [3.63, 3.8) is 0 Å². The van der Waals surface area contributed by atoms with Crippen LogP contribution in [0.15, 0.2) is 0 Å². The maximum Gasteiger partial charge on any atom is 0.0488 e. The Hall–Kier alpha value is -0.120. The van der Waals surface area contributed by atoms with Crippen molar-refractivity contribution in [3.8, 4) is 0 Å². The van der Waals surface area contributed by atoms with Crippen LogP contribution >= 0.6 is 0 Å². The van der Waals surface area contributed by atoms with Gasteiger partial charge in [-0.15, -0.1) is 0 Å². The van der Waals surface area contributed by atoms with Crippen LogP contribution in [0.2, 0.25) is 0 Å². The maximum atomic E-state index is 9.19. The van der Waals surface area contributed by atoms with Crippen LogP contribution < -0.4 is 5.73 Å². The number of nitrogens with two attached hydrogens (primary N) is 1. The van der Waals surface area contributed by atoms with Crippen molar-refractivity contribution in [2.24, 2.45) is 11.7 Å². The molecule has 0 saturated heterocycles. The molecule has 0 aliphatic heterocycles. The Morgan fingerprint density at radius 3 is 2.00 bits per heavy atom. The molecule has 0 aliphatic rings. The molecule has 0 rings (SSSR count). The molecule has 0 amide bonds. The van der Waals surface area contributed by atoms with Crippen molar-refractivity contribution in [2.75, 3.05) is 26.2 Å². The summed E-state index contributed by atoms with van der Waals surface area (Å²) in [4.78, 5) is 2.33. The fraction of sp³-hybridized carbons (Fsp3) is 1.00. The number of hydrogen-bond acceptors (Lipinski definition) is 3. The van der Waals surface area contributed by atoms with E-state index in [0.29, 0.717) is 6.54 Å². The monoisotopic (exact) mass is 188 g/mol. The van der Waals surface area contributed by atoms with Crippen molar-refractivity contribution in [2.45, 2.75) is 33.2 Å². The van der Waals surface area contributed by atoms with Gasteiger partial charge in [0.15, 0.2) is 0 Å². The minimum absolute atomic E-state index is 0.00694. The summed E-state index contributed by atoms with van der Waals surface area (Å²) in [7, 11) is 0. The van der Waals surface area contributed by atoms with Gasteiger partial charge in [-0.25, -0.2) is 0 Å². The quantitative estimate of drug-likeness (QED) is 0.644. The third-order valence-electron chi connectivity index (χ3n) is 3.08. The molecule has 0 aromatic carbocycles. The first-order chi connectivity index (χ1) is 6.04. The van der Waals surface area contributed by atoms with Crippen LogP contribution in [-0.2, 0) is 0 Å². The summed E-state index contributed by atoms with van der Waals surface area (Å²) >= 11 is 0. The zero-order chi connectivity index (χ0) is 10.5. The van der Waals surface area contributed by atoms with Gasteiger partial charge in [0.2, 0.25) is 0 Å². The van der Waals surface area contributed by atoms with Gasteiger partial charge in [0.1, 0.15) is 0 Å². The molecular weight excluding hydrogens is 164 g/mol. The highest BCUT2D eigenvalue weighted by Gasteiger charge is 2.32. The van der Waals surface area contributed by atoms with Crippen LogP contribution in [0.5, 0.6) is 0 Å². The van der Waals surface area contributed by atoms with E-state index >= 15 is 0 Å². The first-order valence-electron chi connectivity index (χ1n) is 5.10. The third-order valence-corrected chi connectivity index (χ3v) is 3.08. The molecule has 3 heteroatoms. The van der Waals surface area contributed by atoms with Crippen LogP contribution in [0.4, 0.5) is 0 Å². The summed E-state index contributed by atoms with van der Waals surface area (Å²) in [5, 5.41) is 9.19. The molecule has 0 fully saturated rings. The molecule has 0 heterocycles. The molecule has 0 spiro atoms. The smallest absolute Gasteiger partial charge is 0.0488 e. The van der Waals surface area contributed by atoms with E-state index in [9.17, 15) is 5.11 Å². The Morgan fingerprint density at radius 1 is 1.31 bits per heavy atom. The maximum absolute atomic E-state index is 9.19. The standard InChI is InChI=1S/C10H24N2O/c1-5-12(6-2)10(3,4)9(7-11)8-13/h9,13H,5-8,11H2,1-4H3/t9-/m1/s1. The van der Waals surface area contributed by atoms with Crippen LogP contribution in [0.25, 0.3) is 0 Å². The van der Waals surface area contributed by atoms with Gasteiger partial charge in [0.25, 0.3) is 0 Å². The zero-order valence-electron chi connectivity index (χ0n) is 9.38. The number of rotatable bonds is 6. The van der Waals surface area contributed by atoms with E-state index in [1.807, 2.05) is 0 Å². The largest absolute Gasteiger partial charge is 0.396 e. The predicted octanol–water partition coefficient (Wildman–Crippen LogP) is 0.674. The first kappa shape index (κ1) is 12.9. The summed E-state index contributed by atoms with van der Waals surface area (Å²) in [6, 6.07) is 0. The molecule has 3 nitrogen and oxygen atoms in total. The fourth-order valence-electron chi connectivity index (χ4n) is 1.88. The Labute approximate surface area is 81.9 Å². The number of hydrogen-bond donors (Lipinski definition) is 2.